The van der Waals surface area contributed by atoms with Crippen LogP contribution in [0.25, 0.3) is 22.2 Å². The number of rotatable bonds is 13. The molecule has 1 aliphatic heterocycles. The molecule has 11 heteroatoms. The zero-order chi connectivity index (χ0) is 32.3. The number of methoxy groups -OCH3 is 1. The van der Waals surface area contributed by atoms with E-state index < -0.39 is 7.14 Å². The summed E-state index contributed by atoms with van der Waals surface area (Å²) < 4.78 is 20.8. The van der Waals surface area contributed by atoms with Gasteiger partial charge < -0.3 is 34.3 Å². The monoisotopic (exact) mass is 629 g/mol. The van der Waals surface area contributed by atoms with Gasteiger partial charge in [-0.25, -0.2) is 9.97 Å². The summed E-state index contributed by atoms with van der Waals surface area (Å²) in [5.41, 5.74) is 7.45. The van der Waals surface area contributed by atoms with Crippen molar-refractivity contribution in [1.82, 2.24) is 19.4 Å². The second-order valence-electron chi connectivity index (χ2n) is 12.4. The lowest BCUT2D eigenvalue weighted by Crippen LogP contribution is -2.29. The lowest BCUT2D eigenvalue weighted by atomic mass is 10.0. The molecule has 0 bridgehead atoms. The lowest BCUT2D eigenvalue weighted by molar-refractivity contribution is -0.111. The van der Waals surface area contributed by atoms with Gasteiger partial charge in [0.1, 0.15) is 5.75 Å². The molecule has 0 fully saturated rings. The Morgan fingerprint density at radius 1 is 1.18 bits per heavy atom. The molecule has 0 atom stereocenters. The molecule has 0 unspecified atom stereocenters. The number of hydrogen-bond acceptors (Lipinski definition) is 8. The van der Waals surface area contributed by atoms with Gasteiger partial charge in [-0.05, 0) is 70.0 Å². The number of hydrogen-bond donors (Lipinski definition) is 2. The Balaban J connectivity index is 1.58. The predicted octanol–water partition coefficient (Wildman–Crippen LogP) is 6.08. The lowest BCUT2D eigenvalue weighted by Gasteiger charge is -2.26. The number of amides is 1. The fraction of sp³-hybridized carbons (Fsp3) is 0.382. The van der Waals surface area contributed by atoms with Gasteiger partial charge in [0.2, 0.25) is 11.9 Å². The molecule has 10 nitrogen and oxygen atoms in total. The van der Waals surface area contributed by atoms with Gasteiger partial charge in [0.15, 0.2) is 0 Å². The second kappa shape index (κ2) is 13.5. The number of anilines is 4. The van der Waals surface area contributed by atoms with Crippen LogP contribution in [0.4, 0.5) is 23.0 Å². The van der Waals surface area contributed by atoms with E-state index in [1.807, 2.05) is 52.8 Å². The van der Waals surface area contributed by atoms with E-state index in [-0.39, 0.29) is 5.91 Å². The van der Waals surface area contributed by atoms with Crippen molar-refractivity contribution in [1.29, 1.82) is 0 Å². The summed E-state index contributed by atoms with van der Waals surface area (Å²) in [5.74, 6) is 0.663. The van der Waals surface area contributed by atoms with Gasteiger partial charge in [-0.1, -0.05) is 24.8 Å². The summed E-state index contributed by atoms with van der Waals surface area (Å²) in [6.07, 6.45) is 8.63. The fourth-order valence-corrected chi connectivity index (χ4v) is 6.52. The van der Waals surface area contributed by atoms with E-state index in [1.165, 1.54) is 17.2 Å². The smallest absolute Gasteiger partial charge is 0.247 e. The van der Waals surface area contributed by atoms with Crippen LogP contribution in [0.15, 0.2) is 55.4 Å². The van der Waals surface area contributed by atoms with Crippen LogP contribution >= 0.6 is 7.14 Å². The Hall–Kier alpha value is -4.14. The predicted molar refractivity (Wildman–Crippen MR) is 186 cm³/mol. The van der Waals surface area contributed by atoms with E-state index in [1.54, 1.807) is 7.11 Å². The van der Waals surface area contributed by atoms with Crippen molar-refractivity contribution in [2.24, 2.45) is 0 Å². The van der Waals surface area contributed by atoms with Crippen LogP contribution in [0.3, 0.4) is 0 Å². The number of carbonyl (C=O) groups excluding carboxylic acids is 1. The van der Waals surface area contributed by atoms with E-state index in [0.29, 0.717) is 35.7 Å². The van der Waals surface area contributed by atoms with Crippen molar-refractivity contribution in [3.05, 3.63) is 66.5 Å². The van der Waals surface area contributed by atoms with Crippen LogP contribution in [0, 0.1) is 0 Å². The van der Waals surface area contributed by atoms with Crippen molar-refractivity contribution < 1.29 is 14.1 Å². The number of ether oxygens (including phenoxy) is 1. The topological polar surface area (TPSA) is 105 Å². The molecule has 0 radical (unpaired) electrons. The maximum atomic E-state index is 12.7. The zero-order valence-electron chi connectivity index (χ0n) is 27.2. The van der Waals surface area contributed by atoms with Gasteiger partial charge in [-0.2, -0.15) is 0 Å². The average molecular weight is 630 g/mol. The Bertz CT molecular complexity index is 1780. The molecule has 45 heavy (non-hydrogen) atoms. The van der Waals surface area contributed by atoms with Gasteiger partial charge >= 0.3 is 0 Å². The third-order valence-electron chi connectivity index (χ3n) is 8.17. The first-order chi connectivity index (χ1) is 21.5. The summed E-state index contributed by atoms with van der Waals surface area (Å²) in [4.78, 5) is 26.4. The normalized spacial score (nSPS) is 12.8. The van der Waals surface area contributed by atoms with E-state index in [4.69, 9.17) is 14.7 Å². The van der Waals surface area contributed by atoms with Crippen molar-refractivity contribution in [2.75, 3.05) is 76.4 Å². The highest BCUT2D eigenvalue weighted by Gasteiger charge is 2.22. The van der Waals surface area contributed by atoms with E-state index in [2.05, 4.69) is 56.0 Å². The number of nitrogens with one attached hydrogen (secondary N) is 2. The molecule has 0 spiro atoms. The molecule has 238 valence electrons. The SMILES string of the molecule is C=CC(=O)Nc1cc(Nc2ncc(CCP(C)(C)=O)c(-c3cn4c5c(cccc35)CCC4)n2)c(OC)cc1N(C)CCN(C)C. The van der Waals surface area contributed by atoms with Gasteiger partial charge in [0, 0.05) is 62.3 Å². The molecule has 2 aromatic carbocycles. The minimum atomic E-state index is -2.25. The molecule has 0 saturated heterocycles. The third-order valence-corrected chi connectivity index (χ3v) is 9.47. The summed E-state index contributed by atoms with van der Waals surface area (Å²) in [5, 5.41) is 7.47. The first-order valence-electron chi connectivity index (χ1n) is 15.3. The van der Waals surface area contributed by atoms with Crippen LogP contribution in [0.5, 0.6) is 5.75 Å². The van der Waals surface area contributed by atoms with E-state index in [9.17, 15) is 9.36 Å². The minimum absolute atomic E-state index is 0.312. The van der Waals surface area contributed by atoms with Crippen LogP contribution in [0.1, 0.15) is 17.5 Å². The quantitative estimate of drug-likeness (QED) is 0.135. The number of likely N-dealkylation sites (N-methyl/N-ethyl adjacent to an activating group) is 2. The fourth-order valence-electron chi connectivity index (χ4n) is 5.74. The summed E-state index contributed by atoms with van der Waals surface area (Å²) in [6.45, 7) is 9.80. The highest BCUT2D eigenvalue weighted by atomic mass is 31.2. The Kier molecular flexibility index (Phi) is 9.65. The van der Waals surface area contributed by atoms with Crippen LogP contribution < -0.4 is 20.3 Å². The van der Waals surface area contributed by atoms with E-state index in [0.717, 1.165) is 60.4 Å². The van der Waals surface area contributed by atoms with Crippen LogP contribution in [0.2, 0.25) is 0 Å². The van der Waals surface area contributed by atoms with Gasteiger partial charge in [-0.15, -0.1) is 0 Å². The molecule has 2 aromatic heterocycles. The van der Waals surface area contributed by atoms with Crippen LogP contribution in [-0.2, 0) is 28.7 Å². The molecule has 3 heterocycles. The van der Waals surface area contributed by atoms with Gasteiger partial charge in [-0.3, -0.25) is 4.79 Å². The minimum Gasteiger partial charge on any atom is -0.494 e. The standard InChI is InChI=1S/C34H44N7O3P/c1-8-31(42)36-27-19-28(30(44-5)20-29(27)40(4)17-16-39(2)3)37-34-35-21-24(14-18-45(6,7)43)32(38-34)26-22-41-15-10-12-23-11-9-13-25(26)33(23)41/h8-9,11,13,19-22H,1,10,12,14-18H2,2-7H3,(H,36,42)(H,35,37,38). The molecule has 2 N–H and O–H groups in total. The van der Waals surface area contributed by atoms with Crippen molar-refractivity contribution >= 4 is 47.0 Å². The summed E-state index contributed by atoms with van der Waals surface area (Å²) in [7, 11) is 5.39. The zero-order valence-corrected chi connectivity index (χ0v) is 28.1. The summed E-state index contributed by atoms with van der Waals surface area (Å²) in [6, 6.07) is 10.2. The molecule has 1 aliphatic rings. The highest BCUT2D eigenvalue weighted by molar-refractivity contribution is 7.62. The molecular formula is C34H44N7O3P. The number of benzene rings is 2. The number of carbonyl (C=O) groups is 1. The molecule has 0 saturated carbocycles. The molecule has 1 amide bonds. The first kappa shape index (κ1) is 32.3. The Labute approximate surface area is 265 Å². The van der Waals surface area contributed by atoms with Crippen molar-refractivity contribution in [2.45, 2.75) is 25.8 Å². The summed E-state index contributed by atoms with van der Waals surface area (Å²) >= 11 is 0. The molecular weight excluding hydrogens is 585 g/mol. The number of aryl methyl sites for hydroxylation is 3. The molecule has 4 aromatic rings. The number of para-hydroxylation sites is 1. The maximum Gasteiger partial charge on any atom is 0.247 e. The Morgan fingerprint density at radius 3 is 2.69 bits per heavy atom. The number of aromatic nitrogens is 3. The molecule has 0 aliphatic carbocycles. The highest BCUT2D eigenvalue weighted by Crippen LogP contribution is 2.41. The van der Waals surface area contributed by atoms with Crippen LogP contribution in [-0.4, -0.2) is 86.2 Å². The Morgan fingerprint density at radius 2 is 1.98 bits per heavy atom. The van der Waals surface area contributed by atoms with Crippen molar-refractivity contribution in [3.63, 3.8) is 0 Å². The maximum absolute atomic E-state index is 12.7. The van der Waals surface area contributed by atoms with E-state index >= 15 is 0 Å². The average Bonchev–Trinajstić information content (AvgIpc) is 3.39. The molecule has 5 rings (SSSR count). The number of nitrogens with zero attached hydrogens (tertiary/aromatic N) is 5. The first-order valence-corrected chi connectivity index (χ1v) is 18.1. The van der Waals surface area contributed by atoms with Gasteiger partial charge in [0.25, 0.3) is 0 Å². The third kappa shape index (κ3) is 7.40. The van der Waals surface area contributed by atoms with Crippen molar-refractivity contribution in [3.8, 4) is 17.0 Å². The van der Waals surface area contributed by atoms with Gasteiger partial charge in [0.05, 0.1) is 42.5 Å². The second-order valence-corrected chi connectivity index (χ2v) is 16.0. The largest absolute Gasteiger partial charge is 0.494 e.